The van der Waals surface area contributed by atoms with E-state index in [1.54, 1.807) is 20.8 Å². The highest BCUT2D eigenvalue weighted by Crippen LogP contribution is 2.26. The van der Waals surface area contributed by atoms with Crippen LogP contribution in [0.15, 0.2) is 29.2 Å². The van der Waals surface area contributed by atoms with E-state index in [-0.39, 0.29) is 16.8 Å². The van der Waals surface area contributed by atoms with Crippen molar-refractivity contribution in [3.8, 4) is 0 Å². The summed E-state index contributed by atoms with van der Waals surface area (Å²) >= 11 is 0. The van der Waals surface area contributed by atoms with Crippen molar-refractivity contribution < 1.29 is 23.1 Å². The zero-order chi connectivity index (χ0) is 18.8. The highest BCUT2D eigenvalue weighted by atomic mass is 32.2. The topological polar surface area (TPSA) is 113 Å². The lowest BCUT2D eigenvalue weighted by atomic mass is 10.1. The van der Waals surface area contributed by atoms with Crippen molar-refractivity contribution in [2.24, 2.45) is 5.92 Å². The zero-order valence-electron chi connectivity index (χ0n) is 14.6. The molecular weight excluding hydrogens is 344 g/mol. The number of carboxylic acids is 1. The van der Waals surface area contributed by atoms with Gasteiger partial charge in [0, 0.05) is 17.1 Å². The Morgan fingerprint density at radius 3 is 2.20 bits per heavy atom. The molecule has 138 valence electrons. The molecule has 1 saturated carbocycles. The van der Waals surface area contributed by atoms with Gasteiger partial charge >= 0.3 is 5.97 Å². The van der Waals surface area contributed by atoms with Gasteiger partial charge in [0.25, 0.3) is 5.91 Å². The summed E-state index contributed by atoms with van der Waals surface area (Å²) in [7, 11) is -3.65. The summed E-state index contributed by atoms with van der Waals surface area (Å²) in [4.78, 5) is 23.3. The summed E-state index contributed by atoms with van der Waals surface area (Å²) in [6.45, 7) is 5.25. The maximum Gasteiger partial charge on any atom is 0.306 e. The number of aliphatic carboxylic acids is 1. The number of carbonyl (C=O) groups is 2. The fourth-order valence-corrected chi connectivity index (χ4v) is 4.27. The van der Waals surface area contributed by atoms with E-state index in [2.05, 4.69) is 10.0 Å². The first-order chi connectivity index (χ1) is 11.5. The molecule has 3 N–H and O–H groups in total. The van der Waals surface area contributed by atoms with Crippen molar-refractivity contribution in [3.63, 3.8) is 0 Å². The second kappa shape index (κ2) is 7.13. The lowest BCUT2D eigenvalue weighted by Crippen LogP contribution is -2.40. The lowest BCUT2D eigenvalue weighted by molar-refractivity contribution is -0.141. The average Bonchev–Trinajstić information content (AvgIpc) is 2.93. The van der Waals surface area contributed by atoms with Crippen LogP contribution in [0.5, 0.6) is 0 Å². The fourth-order valence-electron chi connectivity index (χ4n) is 2.85. The quantitative estimate of drug-likeness (QED) is 0.733. The Morgan fingerprint density at radius 2 is 1.72 bits per heavy atom. The molecule has 25 heavy (non-hydrogen) atoms. The largest absolute Gasteiger partial charge is 0.481 e. The highest BCUT2D eigenvalue weighted by molar-refractivity contribution is 7.89. The number of rotatable bonds is 5. The molecule has 1 fully saturated rings. The molecular formula is C17H24N2O5S. The number of sulfonamides is 1. The predicted molar refractivity (Wildman–Crippen MR) is 92.7 cm³/mol. The van der Waals surface area contributed by atoms with Crippen molar-refractivity contribution in [2.75, 3.05) is 0 Å². The first kappa shape index (κ1) is 19.4. The molecule has 8 heteroatoms. The number of benzene rings is 1. The normalized spacial score (nSPS) is 21.1. The molecule has 1 aromatic carbocycles. The van der Waals surface area contributed by atoms with Crippen LogP contribution < -0.4 is 10.0 Å². The van der Waals surface area contributed by atoms with Crippen molar-refractivity contribution >= 4 is 21.9 Å². The van der Waals surface area contributed by atoms with Crippen LogP contribution in [-0.4, -0.2) is 37.0 Å². The number of hydrogen-bond donors (Lipinski definition) is 3. The van der Waals surface area contributed by atoms with Gasteiger partial charge in [0.1, 0.15) is 0 Å². The van der Waals surface area contributed by atoms with Gasteiger partial charge in [0.2, 0.25) is 10.0 Å². The summed E-state index contributed by atoms with van der Waals surface area (Å²) < 4.78 is 27.0. The van der Waals surface area contributed by atoms with E-state index < -0.39 is 27.4 Å². The van der Waals surface area contributed by atoms with Crippen LogP contribution in [0.4, 0.5) is 0 Å². The van der Waals surface area contributed by atoms with E-state index in [0.29, 0.717) is 24.8 Å². The van der Waals surface area contributed by atoms with Gasteiger partial charge in [-0.15, -0.1) is 0 Å². The third-order valence-electron chi connectivity index (χ3n) is 3.98. The molecule has 2 atom stereocenters. The lowest BCUT2D eigenvalue weighted by Gasteiger charge is -2.20. The summed E-state index contributed by atoms with van der Waals surface area (Å²) in [6.07, 6.45) is 1.60. The second-order valence-corrected chi connectivity index (χ2v) is 9.08. The van der Waals surface area contributed by atoms with Gasteiger partial charge in [-0.3, -0.25) is 9.59 Å². The first-order valence-electron chi connectivity index (χ1n) is 8.16. The van der Waals surface area contributed by atoms with E-state index in [9.17, 15) is 18.0 Å². The van der Waals surface area contributed by atoms with Gasteiger partial charge in [-0.05, 0) is 64.3 Å². The Labute approximate surface area is 147 Å². The predicted octanol–water partition coefficient (Wildman–Crippen LogP) is 1.75. The monoisotopic (exact) mass is 368 g/mol. The number of nitrogens with one attached hydrogen (secondary N) is 2. The molecule has 2 rings (SSSR count). The van der Waals surface area contributed by atoms with Crippen molar-refractivity contribution in [1.82, 2.24) is 10.0 Å². The van der Waals surface area contributed by atoms with Gasteiger partial charge in [-0.25, -0.2) is 13.1 Å². The SMILES string of the molecule is CC(C)(C)NS(=O)(=O)c1ccc(C(=O)N[C@@H]2CC[C@H](C(=O)O)C2)cc1. The summed E-state index contributed by atoms with van der Waals surface area (Å²) in [5.74, 6) is -1.58. The van der Waals surface area contributed by atoms with Crippen molar-refractivity contribution in [2.45, 2.75) is 56.5 Å². The Hall–Kier alpha value is -1.93. The number of amides is 1. The van der Waals surface area contributed by atoms with Gasteiger partial charge in [0.05, 0.1) is 10.8 Å². The van der Waals surface area contributed by atoms with E-state index in [0.717, 1.165) is 0 Å². The van der Waals surface area contributed by atoms with Gasteiger partial charge in [-0.2, -0.15) is 0 Å². The van der Waals surface area contributed by atoms with Gasteiger partial charge in [-0.1, -0.05) is 0 Å². The number of hydrogen-bond acceptors (Lipinski definition) is 4. The zero-order valence-corrected chi connectivity index (χ0v) is 15.4. The molecule has 1 aliphatic rings. The smallest absolute Gasteiger partial charge is 0.306 e. The fraction of sp³-hybridized carbons (Fsp3) is 0.529. The Morgan fingerprint density at radius 1 is 1.12 bits per heavy atom. The molecule has 0 radical (unpaired) electrons. The van der Waals surface area contributed by atoms with Gasteiger partial charge in [0.15, 0.2) is 0 Å². The van der Waals surface area contributed by atoms with Crippen LogP contribution in [0.1, 0.15) is 50.4 Å². The first-order valence-corrected chi connectivity index (χ1v) is 9.64. The number of carboxylic acid groups (broad SMARTS) is 1. The Kier molecular flexibility index (Phi) is 5.53. The maximum absolute atomic E-state index is 12.2. The van der Waals surface area contributed by atoms with Crippen LogP contribution in [0.3, 0.4) is 0 Å². The average molecular weight is 368 g/mol. The maximum atomic E-state index is 12.2. The highest BCUT2D eigenvalue weighted by Gasteiger charge is 2.30. The van der Waals surface area contributed by atoms with E-state index >= 15 is 0 Å². The number of carbonyl (C=O) groups excluding carboxylic acids is 1. The molecule has 0 spiro atoms. The molecule has 1 aromatic rings. The third kappa shape index (κ3) is 5.27. The summed E-state index contributed by atoms with van der Waals surface area (Å²) in [6, 6.07) is 5.52. The van der Waals surface area contributed by atoms with Crippen LogP contribution in [0.2, 0.25) is 0 Å². The van der Waals surface area contributed by atoms with Crippen molar-refractivity contribution in [3.05, 3.63) is 29.8 Å². The summed E-state index contributed by atoms with van der Waals surface area (Å²) in [5, 5.41) is 11.8. The van der Waals surface area contributed by atoms with Gasteiger partial charge < -0.3 is 10.4 Å². The van der Waals surface area contributed by atoms with Crippen LogP contribution >= 0.6 is 0 Å². The Balaban J connectivity index is 2.02. The molecule has 0 unspecified atom stereocenters. The van der Waals surface area contributed by atoms with E-state index in [4.69, 9.17) is 5.11 Å². The molecule has 1 aliphatic carbocycles. The van der Waals surface area contributed by atoms with Crippen LogP contribution in [0.25, 0.3) is 0 Å². The van der Waals surface area contributed by atoms with Crippen LogP contribution in [0, 0.1) is 5.92 Å². The van der Waals surface area contributed by atoms with E-state index in [1.807, 2.05) is 0 Å². The summed E-state index contributed by atoms with van der Waals surface area (Å²) in [5.41, 5.74) is -0.258. The van der Waals surface area contributed by atoms with Crippen molar-refractivity contribution in [1.29, 1.82) is 0 Å². The minimum absolute atomic E-state index is 0.0887. The molecule has 1 amide bonds. The molecule has 0 saturated heterocycles. The minimum atomic E-state index is -3.65. The minimum Gasteiger partial charge on any atom is -0.481 e. The second-order valence-electron chi connectivity index (χ2n) is 7.40. The molecule has 0 bridgehead atoms. The molecule has 7 nitrogen and oxygen atoms in total. The van der Waals surface area contributed by atoms with Crippen LogP contribution in [-0.2, 0) is 14.8 Å². The molecule has 0 aliphatic heterocycles. The third-order valence-corrected chi connectivity index (χ3v) is 5.76. The molecule has 0 aromatic heterocycles. The van der Waals surface area contributed by atoms with E-state index in [1.165, 1.54) is 24.3 Å². The molecule has 0 heterocycles. The Bertz CT molecular complexity index is 750. The standard InChI is InChI=1S/C17H24N2O5S/c1-17(2,3)19-25(23,24)14-8-5-11(6-9-14)15(20)18-13-7-4-12(10-13)16(21)22/h5-6,8-9,12-13,19H,4,7,10H2,1-3H3,(H,18,20)(H,21,22)/t12-,13+/m0/s1.